The van der Waals surface area contributed by atoms with Crippen LogP contribution in [0.1, 0.15) is 23.0 Å². The average Bonchev–Trinajstić information content (AvgIpc) is 2.67. The lowest BCUT2D eigenvalue weighted by molar-refractivity contribution is -0.114. The number of benzene rings is 2. The van der Waals surface area contributed by atoms with E-state index in [1.54, 1.807) is 24.3 Å². The van der Waals surface area contributed by atoms with Crippen LogP contribution in [0.15, 0.2) is 71.7 Å². The van der Waals surface area contributed by atoms with Crippen LogP contribution in [0, 0.1) is 0 Å². The third-order valence-corrected chi connectivity index (χ3v) is 3.80. The molecule has 3 N–H and O–H groups in total. The van der Waals surface area contributed by atoms with E-state index in [2.05, 4.69) is 15.6 Å². The molecular formula is C21H19N3O4. The van der Waals surface area contributed by atoms with Gasteiger partial charge in [0.1, 0.15) is 12.3 Å². The molecule has 2 amide bonds. The van der Waals surface area contributed by atoms with Gasteiger partial charge < -0.3 is 20.4 Å². The van der Waals surface area contributed by atoms with Gasteiger partial charge in [-0.3, -0.25) is 14.4 Å². The summed E-state index contributed by atoms with van der Waals surface area (Å²) in [6.07, 6.45) is 1.37. The molecule has 1 heterocycles. The third-order valence-electron chi connectivity index (χ3n) is 3.80. The van der Waals surface area contributed by atoms with E-state index in [1.807, 2.05) is 30.3 Å². The normalized spacial score (nSPS) is 10.2. The summed E-state index contributed by atoms with van der Waals surface area (Å²) in [4.78, 5) is 38.5. The van der Waals surface area contributed by atoms with E-state index in [4.69, 9.17) is 4.74 Å². The highest BCUT2D eigenvalue weighted by Crippen LogP contribution is 2.16. The fourth-order valence-corrected chi connectivity index (χ4v) is 2.51. The highest BCUT2D eigenvalue weighted by molar-refractivity contribution is 6.03. The third kappa shape index (κ3) is 5.07. The van der Waals surface area contributed by atoms with Crippen molar-refractivity contribution in [3.63, 3.8) is 0 Å². The number of H-pyrrole nitrogens is 1. The SMILES string of the molecule is CC(=O)Nc1cccc(NC(=O)c2cc(=O)c(OCc3ccccc3)c[nH]2)c1. The molecule has 0 bridgehead atoms. The van der Waals surface area contributed by atoms with Crippen molar-refractivity contribution in [2.24, 2.45) is 0 Å². The quantitative estimate of drug-likeness (QED) is 0.614. The topological polar surface area (TPSA) is 100 Å². The van der Waals surface area contributed by atoms with E-state index >= 15 is 0 Å². The lowest BCUT2D eigenvalue weighted by Crippen LogP contribution is -2.18. The van der Waals surface area contributed by atoms with Crippen LogP contribution in [-0.2, 0) is 11.4 Å². The van der Waals surface area contributed by atoms with Crippen LogP contribution in [0.4, 0.5) is 11.4 Å². The second-order valence-corrected chi connectivity index (χ2v) is 6.07. The summed E-state index contributed by atoms with van der Waals surface area (Å²) in [5.74, 6) is -0.557. The molecule has 7 heteroatoms. The van der Waals surface area contributed by atoms with E-state index in [-0.39, 0.29) is 24.0 Å². The molecule has 0 saturated heterocycles. The van der Waals surface area contributed by atoms with Gasteiger partial charge in [-0.15, -0.1) is 0 Å². The number of carbonyl (C=O) groups is 2. The van der Waals surface area contributed by atoms with Crippen LogP contribution in [0.3, 0.4) is 0 Å². The number of hydrogen-bond donors (Lipinski definition) is 3. The van der Waals surface area contributed by atoms with Gasteiger partial charge in [0.05, 0.1) is 0 Å². The van der Waals surface area contributed by atoms with Gasteiger partial charge in [-0.05, 0) is 23.8 Å². The molecule has 0 atom stereocenters. The zero-order chi connectivity index (χ0) is 19.9. The summed E-state index contributed by atoms with van der Waals surface area (Å²) in [5.41, 5.74) is 1.68. The molecule has 0 spiro atoms. The number of amides is 2. The smallest absolute Gasteiger partial charge is 0.272 e. The molecule has 7 nitrogen and oxygen atoms in total. The number of carbonyl (C=O) groups excluding carboxylic acids is 2. The standard InChI is InChI=1S/C21H19N3O4/c1-14(25)23-16-8-5-9-17(10-16)24-21(27)18-11-19(26)20(12-22-18)28-13-15-6-3-2-4-7-15/h2-12H,13H2,1H3,(H,22,26)(H,23,25)(H,24,27). The molecule has 0 aliphatic carbocycles. The highest BCUT2D eigenvalue weighted by Gasteiger charge is 2.11. The van der Waals surface area contributed by atoms with Crippen LogP contribution >= 0.6 is 0 Å². The van der Waals surface area contributed by atoms with Crippen molar-refractivity contribution in [3.8, 4) is 5.75 Å². The summed E-state index contributed by atoms with van der Waals surface area (Å²) < 4.78 is 5.51. The maximum Gasteiger partial charge on any atom is 0.272 e. The molecule has 1 aromatic heterocycles. The van der Waals surface area contributed by atoms with Crippen molar-refractivity contribution < 1.29 is 14.3 Å². The number of nitrogens with one attached hydrogen (secondary N) is 3. The first-order chi connectivity index (χ1) is 13.5. The molecule has 0 radical (unpaired) electrons. The van der Waals surface area contributed by atoms with Crippen molar-refractivity contribution in [1.29, 1.82) is 0 Å². The molecule has 142 valence electrons. The largest absolute Gasteiger partial charge is 0.483 e. The van der Waals surface area contributed by atoms with Crippen molar-refractivity contribution in [2.75, 3.05) is 10.6 Å². The Morgan fingerprint density at radius 3 is 2.36 bits per heavy atom. The number of pyridine rings is 1. The zero-order valence-electron chi connectivity index (χ0n) is 15.2. The van der Waals surface area contributed by atoms with E-state index in [0.717, 1.165) is 5.56 Å². The van der Waals surface area contributed by atoms with Crippen molar-refractivity contribution in [2.45, 2.75) is 13.5 Å². The summed E-state index contributed by atoms with van der Waals surface area (Å²) in [7, 11) is 0. The Hall–Kier alpha value is -3.87. The number of rotatable bonds is 6. The molecule has 2 aromatic carbocycles. The minimum Gasteiger partial charge on any atom is -0.483 e. The second kappa shape index (κ2) is 8.68. The van der Waals surface area contributed by atoms with E-state index < -0.39 is 11.3 Å². The van der Waals surface area contributed by atoms with Crippen LogP contribution in [0.2, 0.25) is 0 Å². The first kappa shape index (κ1) is 18.9. The number of aromatic amines is 1. The van der Waals surface area contributed by atoms with Crippen LogP contribution in [-0.4, -0.2) is 16.8 Å². The van der Waals surface area contributed by atoms with E-state index in [0.29, 0.717) is 11.4 Å². The fourth-order valence-electron chi connectivity index (χ4n) is 2.51. The monoisotopic (exact) mass is 377 g/mol. The Kier molecular flexibility index (Phi) is 5.86. The van der Waals surface area contributed by atoms with Crippen molar-refractivity contribution in [1.82, 2.24) is 4.98 Å². The summed E-state index contributed by atoms with van der Waals surface area (Å²) in [5, 5.41) is 5.31. The second-order valence-electron chi connectivity index (χ2n) is 6.07. The van der Waals surface area contributed by atoms with E-state index in [1.165, 1.54) is 19.2 Å². The minimum absolute atomic E-state index is 0.0991. The lowest BCUT2D eigenvalue weighted by atomic mass is 10.2. The van der Waals surface area contributed by atoms with E-state index in [9.17, 15) is 14.4 Å². The Morgan fingerprint density at radius 2 is 1.68 bits per heavy atom. The number of aromatic nitrogens is 1. The number of anilines is 2. The van der Waals surface area contributed by atoms with Gasteiger partial charge in [-0.25, -0.2) is 0 Å². The Bertz CT molecular complexity index is 1040. The lowest BCUT2D eigenvalue weighted by Gasteiger charge is -2.09. The predicted molar refractivity (Wildman–Crippen MR) is 107 cm³/mol. The predicted octanol–water partition coefficient (Wildman–Crippen LogP) is 3.16. The van der Waals surface area contributed by atoms with Crippen molar-refractivity contribution in [3.05, 3.63) is 88.3 Å². The number of hydrogen-bond acceptors (Lipinski definition) is 4. The molecule has 3 aromatic rings. The Morgan fingerprint density at radius 1 is 0.964 bits per heavy atom. The van der Waals surface area contributed by atoms with Crippen molar-refractivity contribution >= 4 is 23.2 Å². The maximum atomic E-state index is 12.4. The van der Waals surface area contributed by atoms with Gasteiger partial charge in [-0.2, -0.15) is 0 Å². The molecule has 28 heavy (non-hydrogen) atoms. The zero-order valence-corrected chi connectivity index (χ0v) is 15.2. The molecule has 0 aliphatic heterocycles. The molecular weight excluding hydrogens is 358 g/mol. The molecule has 0 fully saturated rings. The van der Waals surface area contributed by atoms with Gasteiger partial charge in [0, 0.05) is 30.6 Å². The summed E-state index contributed by atoms with van der Waals surface area (Å²) in [6, 6.07) is 17.4. The molecule has 0 aliphatic rings. The summed E-state index contributed by atoms with van der Waals surface area (Å²) >= 11 is 0. The molecule has 3 rings (SSSR count). The highest BCUT2D eigenvalue weighted by atomic mass is 16.5. The van der Waals surface area contributed by atoms with Crippen LogP contribution in [0.25, 0.3) is 0 Å². The molecule has 0 unspecified atom stereocenters. The van der Waals surface area contributed by atoms with Gasteiger partial charge in [0.25, 0.3) is 5.91 Å². The number of ether oxygens (including phenoxy) is 1. The minimum atomic E-state index is -0.480. The fraction of sp³-hybridized carbons (Fsp3) is 0.0952. The van der Waals surface area contributed by atoms with Gasteiger partial charge in [0.2, 0.25) is 11.3 Å². The van der Waals surface area contributed by atoms with Crippen LogP contribution in [0.5, 0.6) is 5.75 Å². The molecule has 0 saturated carbocycles. The Labute approximate surface area is 161 Å². The van der Waals surface area contributed by atoms with Crippen LogP contribution < -0.4 is 20.8 Å². The maximum absolute atomic E-state index is 12.4. The Balaban J connectivity index is 1.67. The summed E-state index contributed by atoms with van der Waals surface area (Å²) in [6.45, 7) is 1.66. The van der Waals surface area contributed by atoms with Gasteiger partial charge in [-0.1, -0.05) is 36.4 Å². The first-order valence-corrected chi connectivity index (χ1v) is 8.60. The average molecular weight is 377 g/mol. The van der Waals surface area contributed by atoms with Gasteiger partial charge >= 0.3 is 0 Å². The van der Waals surface area contributed by atoms with Gasteiger partial charge in [0.15, 0.2) is 5.75 Å². The first-order valence-electron chi connectivity index (χ1n) is 8.60.